The van der Waals surface area contributed by atoms with Gasteiger partial charge in [0.1, 0.15) is 4.90 Å². The molecule has 2 fully saturated rings. The van der Waals surface area contributed by atoms with Crippen LogP contribution in [0.4, 0.5) is 0 Å². The predicted octanol–water partition coefficient (Wildman–Crippen LogP) is 4.06. The first-order valence-corrected chi connectivity index (χ1v) is 12.8. The molecule has 0 atom stereocenters. The third-order valence-electron chi connectivity index (χ3n) is 6.63. The molecule has 6 nitrogen and oxygen atoms in total. The smallest absolute Gasteiger partial charge is 0.244 e. The van der Waals surface area contributed by atoms with Crippen molar-refractivity contribution in [1.82, 2.24) is 13.8 Å². The number of nitrogens with zero attached hydrogens (tertiary/aromatic N) is 3. The maximum atomic E-state index is 13.1. The second-order valence-electron chi connectivity index (χ2n) is 8.63. The van der Waals surface area contributed by atoms with E-state index in [1.54, 1.807) is 18.2 Å². The van der Waals surface area contributed by atoms with Crippen LogP contribution in [0.25, 0.3) is 0 Å². The number of hydrogen-bond donors (Lipinski definition) is 0. The van der Waals surface area contributed by atoms with Crippen molar-refractivity contribution >= 4 is 27.4 Å². The molecule has 31 heavy (non-hydrogen) atoms. The summed E-state index contributed by atoms with van der Waals surface area (Å²) in [6.07, 6.45) is 4.89. The highest BCUT2D eigenvalue weighted by molar-refractivity contribution is 7.89. The van der Waals surface area contributed by atoms with Crippen LogP contribution in [0.15, 0.2) is 35.2 Å². The average molecular weight is 464 g/mol. The van der Waals surface area contributed by atoms with Gasteiger partial charge in [0.15, 0.2) is 5.78 Å². The summed E-state index contributed by atoms with van der Waals surface area (Å²) in [7, 11) is -3.63. The molecule has 1 aliphatic heterocycles. The number of hydrogen-bond acceptors (Lipinski definition) is 4. The molecule has 1 saturated carbocycles. The summed E-state index contributed by atoms with van der Waals surface area (Å²) < 4.78 is 29.6. The molecule has 1 aromatic carbocycles. The van der Waals surface area contributed by atoms with Crippen molar-refractivity contribution in [1.29, 1.82) is 0 Å². The van der Waals surface area contributed by atoms with Crippen molar-refractivity contribution in [3.8, 4) is 0 Å². The van der Waals surface area contributed by atoms with Crippen molar-refractivity contribution < 1.29 is 13.2 Å². The van der Waals surface area contributed by atoms with Crippen LogP contribution >= 0.6 is 11.6 Å². The Morgan fingerprint density at radius 2 is 1.71 bits per heavy atom. The number of ketones is 1. The summed E-state index contributed by atoms with van der Waals surface area (Å²) in [5, 5.41) is 0.234. The van der Waals surface area contributed by atoms with Crippen molar-refractivity contribution in [3.63, 3.8) is 0 Å². The summed E-state index contributed by atoms with van der Waals surface area (Å²) in [5.74, 6) is 0.111. The fraction of sp³-hybridized carbons (Fsp3) is 0.522. The van der Waals surface area contributed by atoms with Crippen LogP contribution < -0.4 is 0 Å². The molecule has 4 rings (SSSR count). The maximum Gasteiger partial charge on any atom is 0.244 e. The highest BCUT2D eigenvalue weighted by atomic mass is 35.5. The first-order valence-electron chi connectivity index (χ1n) is 11.0. The number of aryl methyl sites for hydroxylation is 1. The first kappa shape index (κ1) is 22.5. The maximum absolute atomic E-state index is 13.1. The van der Waals surface area contributed by atoms with Crippen LogP contribution in [0, 0.1) is 13.8 Å². The molecule has 2 aromatic rings. The second-order valence-corrected chi connectivity index (χ2v) is 10.9. The predicted molar refractivity (Wildman–Crippen MR) is 122 cm³/mol. The summed E-state index contributed by atoms with van der Waals surface area (Å²) >= 11 is 6.11. The van der Waals surface area contributed by atoms with E-state index in [0.29, 0.717) is 38.8 Å². The molecule has 0 amide bonds. The van der Waals surface area contributed by atoms with Crippen molar-refractivity contribution in [2.75, 3.05) is 32.7 Å². The molecule has 1 aromatic heterocycles. The Morgan fingerprint density at radius 1 is 1.06 bits per heavy atom. The van der Waals surface area contributed by atoms with E-state index in [4.69, 9.17) is 11.6 Å². The van der Waals surface area contributed by atoms with E-state index in [1.165, 1.54) is 36.1 Å². The highest BCUT2D eigenvalue weighted by Crippen LogP contribution is 2.33. The molecule has 2 heterocycles. The number of aromatic nitrogens is 1. The van der Waals surface area contributed by atoms with Crippen LogP contribution in [0.1, 0.15) is 53.5 Å². The van der Waals surface area contributed by atoms with Crippen LogP contribution in [-0.4, -0.2) is 60.7 Å². The number of carbonyl (C=O) groups excluding carboxylic acids is 1. The van der Waals surface area contributed by atoms with Gasteiger partial charge in [-0.3, -0.25) is 9.69 Å². The number of benzene rings is 1. The Morgan fingerprint density at radius 3 is 2.35 bits per heavy atom. The monoisotopic (exact) mass is 463 g/mol. The van der Waals surface area contributed by atoms with E-state index in [-0.39, 0.29) is 15.7 Å². The zero-order valence-electron chi connectivity index (χ0n) is 18.2. The second kappa shape index (κ2) is 9.06. The minimum Gasteiger partial charge on any atom is -0.345 e. The summed E-state index contributed by atoms with van der Waals surface area (Å²) in [6.45, 7) is 6.19. The molecule has 0 radical (unpaired) electrons. The van der Waals surface area contributed by atoms with Gasteiger partial charge in [-0.25, -0.2) is 8.42 Å². The molecule has 1 saturated heterocycles. The SMILES string of the molecule is Cc1cc(C(=O)CN2CCN(S(=O)(=O)c3ccccc3Cl)CC2)c(C)n1C1CCCC1. The number of halogens is 1. The van der Waals surface area contributed by atoms with Crippen molar-refractivity contribution in [2.45, 2.75) is 50.5 Å². The van der Waals surface area contributed by atoms with Gasteiger partial charge < -0.3 is 4.57 Å². The number of piperazine rings is 1. The van der Waals surface area contributed by atoms with Crippen LogP contribution in [0.2, 0.25) is 5.02 Å². The third-order valence-corrected chi connectivity index (χ3v) is 9.03. The Hall–Kier alpha value is -1.67. The molecular weight excluding hydrogens is 434 g/mol. The van der Waals surface area contributed by atoms with Gasteiger partial charge in [0, 0.05) is 49.2 Å². The average Bonchev–Trinajstić information content (AvgIpc) is 3.36. The molecular formula is C23H30ClN3O3S. The van der Waals surface area contributed by atoms with Crippen molar-refractivity contribution in [3.05, 3.63) is 52.3 Å². The van der Waals surface area contributed by atoms with E-state index >= 15 is 0 Å². The Bertz CT molecular complexity index is 1070. The minimum absolute atomic E-state index is 0.111. The van der Waals surface area contributed by atoms with Crippen LogP contribution in [-0.2, 0) is 10.0 Å². The van der Waals surface area contributed by atoms with E-state index in [2.05, 4.69) is 11.5 Å². The van der Waals surface area contributed by atoms with Gasteiger partial charge in [-0.2, -0.15) is 4.31 Å². The number of Topliss-reactive ketones (excluding diaryl/α,β-unsaturated/α-hetero) is 1. The standard InChI is InChI=1S/C23H30ClN3O3S/c1-17-15-20(18(2)27(17)19-7-3-4-8-19)22(28)16-25-11-13-26(14-12-25)31(29,30)23-10-6-5-9-21(23)24/h5-6,9-10,15,19H,3-4,7-8,11-14,16H2,1-2H3. The molecule has 0 N–H and O–H groups in total. The van der Waals surface area contributed by atoms with Gasteiger partial charge in [0.2, 0.25) is 10.0 Å². The lowest BCUT2D eigenvalue weighted by molar-refractivity contribution is 0.0901. The molecule has 0 bridgehead atoms. The number of rotatable bonds is 6. The van der Waals surface area contributed by atoms with Gasteiger partial charge in [0.25, 0.3) is 0 Å². The van der Waals surface area contributed by atoms with E-state index in [0.717, 1.165) is 17.0 Å². The lowest BCUT2D eigenvalue weighted by atomic mass is 10.1. The summed E-state index contributed by atoms with van der Waals surface area (Å²) in [5.41, 5.74) is 3.02. The number of carbonyl (C=O) groups is 1. The molecule has 168 valence electrons. The normalized spacial score (nSPS) is 19.2. The first-order chi connectivity index (χ1) is 14.8. The quantitative estimate of drug-likeness (QED) is 0.606. The van der Waals surface area contributed by atoms with E-state index in [9.17, 15) is 13.2 Å². The zero-order valence-corrected chi connectivity index (χ0v) is 19.8. The molecule has 2 aliphatic rings. The van der Waals surface area contributed by atoms with Crippen molar-refractivity contribution in [2.24, 2.45) is 0 Å². The van der Waals surface area contributed by atoms with Gasteiger partial charge in [0.05, 0.1) is 11.6 Å². The van der Waals surface area contributed by atoms with Gasteiger partial charge >= 0.3 is 0 Å². The molecule has 8 heteroatoms. The van der Waals surface area contributed by atoms with Crippen LogP contribution in [0.3, 0.4) is 0 Å². The van der Waals surface area contributed by atoms with Crippen LogP contribution in [0.5, 0.6) is 0 Å². The lowest BCUT2D eigenvalue weighted by Gasteiger charge is -2.33. The Balaban J connectivity index is 1.40. The topological polar surface area (TPSA) is 62.6 Å². The zero-order chi connectivity index (χ0) is 22.2. The molecule has 0 spiro atoms. The summed E-state index contributed by atoms with van der Waals surface area (Å²) in [4.78, 5) is 15.2. The van der Waals surface area contributed by atoms with E-state index < -0.39 is 10.0 Å². The van der Waals surface area contributed by atoms with Gasteiger partial charge in [-0.05, 0) is 44.9 Å². The highest BCUT2D eigenvalue weighted by Gasteiger charge is 2.31. The fourth-order valence-corrected chi connectivity index (χ4v) is 6.91. The Kier molecular flexibility index (Phi) is 6.58. The van der Waals surface area contributed by atoms with Gasteiger partial charge in [-0.15, -0.1) is 0 Å². The molecule has 0 unspecified atom stereocenters. The third kappa shape index (κ3) is 4.46. The Labute approximate surface area is 189 Å². The summed E-state index contributed by atoms with van der Waals surface area (Å²) in [6, 6.07) is 9.05. The molecule has 1 aliphatic carbocycles. The lowest BCUT2D eigenvalue weighted by Crippen LogP contribution is -2.49. The fourth-order valence-electron chi connectivity index (χ4n) is 4.99. The number of sulfonamides is 1. The van der Waals surface area contributed by atoms with E-state index in [1.807, 2.05) is 17.9 Å². The minimum atomic E-state index is -3.63. The largest absolute Gasteiger partial charge is 0.345 e. The van der Waals surface area contributed by atoms with Gasteiger partial charge in [-0.1, -0.05) is 36.6 Å².